The molecule has 0 aliphatic heterocycles. The highest BCUT2D eigenvalue weighted by atomic mass is 32.2. The molecule has 0 unspecified atom stereocenters. The number of carbonyl (C=O) groups is 1. The molecule has 1 heterocycles. The highest BCUT2D eigenvalue weighted by molar-refractivity contribution is 7.89. The van der Waals surface area contributed by atoms with Crippen LogP contribution in [-0.2, 0) is 17.1 Å². The summed E-state index contributed by atoms with van der Waals surface area (Å²) in [4.78, 5) is 12.7. The van der Waals surface area contributed by atoms with Crippen molar-refractivity contribution in [2.45, 2.75) is 32.6 Å². The summed E-state index contributed by atoms with van der Waals surface area (Å²) in [6, 6.07) is 7.17. The van der Waals surface area contributed by atoms with Gasteiger partial charge in [0.15, 0.2) is 0 Å². The summed E-state index contributed by atoms with van der Waals surface area (Å²) in [5.74, 6) is -0.338. The number of rotatable bonds is 6. The average Bonchev–Trinajstić information content (AvgIpc) is 2.94. The Balaban J connectivity index is 2.32. The van der Waals surface area contributed by atoms with Crippen molar-refractivity contribution >= 4 is 21.6 Å². The number of aryl methyl sites for hydroxylation is 3. The van der Waals surface area contributed by atoms with E-state index in [9.17, 15) is 13.2 Å². The zero-order valence-electron chi connectivity index (χ0n) is 15.3. The molecule has 6 nitrogen and oxygen atoms in total. The van der Waals surface area contributed by atoms with E-state index in [0.29, 0.717) is 24.5 Å². The maximum atomic E-state index is 12.6. The first-order chi connectivity index (χ1) is 11.7. The minimum absolute atomic E-state index is 0.129. The Morgan fingerprint density at radius 1 is 1.16 bits per heavy atom. The van der Waals surface area contributed by atoms with Crippen molar-refractivity contribution < 1.29 is 13.2 Å². The van der Waals surface area contributed by atoms with Crippen LogP contribution in [-0.4, -0.2) is 36.3 Å². The quantitative estimate of drug-likeness (QED) is 0.858. The first-order valence-electron chi connectivity index (χ1n) is 8.25. The van der Waals surface area contributed by atoms with Gasteiger partial charge in [0.2, 0.25) is 10.0 Å². The van der Waals surface area contributed by atoms with Crippen LogP contribution in [0.5, 0.6) is 0 Å². The molecule has 0 fully saturated rings. The van der Waals surface area contributed by atoms with E-state index in [0.717, 1.165) is 11.1 Å². The van der Waals surface area contributed by atoms with E-state index < -0.39 is 10.0 Å². The molecule has 2 aromatic rings. The van der Waals surface area contributed by atoms with Crippen molar-refractivity contribution in [2.24, 2.45) is 7.05 Å². The molecule has 7 heteroatoms. The van der Waals surface area contributed by atoms with Gasteiger partial charge in [0.25, 0.3) is 5.91 Å². The molecule has 0 atom stereocenters. The largest absolute Gasteiger partial charge is 0.345 e. The number of anilines is 1. The molecule has 0 aliphatic carbocycles. The molecule has 1 aromatic heterocycles. The van der Waals surface area contributed by atoms with E-state index in [1.807, 2.05) is 32.0 Å². The Morgan fingerprint density at radius 3 is 2.36 bits per heavy atom. The van der Waals surface area contributed by atoms with Crippen molar-refractivity contribution in [3.05, 3.63) is 47.3 Å². The lowest BCUT2D eigenvalue weighted by atomic mass is 10.1. The second-order valence-electron chi connectivity index (χ2n) is 6.03. The third kappa shape index (κ3) is 3.93. The molecule has 136 valence electrons. The van der Waals surface area contributed by atoms with Gasteiger partial charge in [-0.2, -0.15) is 4.31 Å². The van der Waals surface area contributed by atoms with Gasteiger partial charge in [-0.05, 0) is 31.5 Å². The van der Waals surface area contributed by atoms with Crippen LogP contribution in [0.2, 0.25) is 0 Å². The van der Waals surface area contributed by atoms with Crippen LogP contribution in [0.1, 0.15) is 35.5 Å². The number of benzene rings is 1. The number of aromatic nitrogens is 1. The molecule has 1 amide bonds. The molecular weight excluding hydrogens is 338 g/mol. The first kappa shape index (κ1) is 19.2. The lowest BCUT2D eigenvalue weighted by Gasteiger charge is -2.17. The van der Waals surface area contributed by atoms with Gasteiger partial charge in [-0.1, -0.05) is 31.5 Å². The van der Waals surface area contributed by atoms with E-state index in [2.05, 4.69) is 5.32 Å². The van der Waals surface area contributed by atoms with Crippen LogP contribution in [0.3, 0.4) is 0 Å². The molecule has 0 aliphatic rings. The zero-order valence-corrected chi connectivity index (χ0v) is 16.1. The van der Waals surface area contributed by atoms with Crippen molar-refractivity contribution in [3.8, 4) is 0 Å². The number of sulfonamides is 1. The lowest BCUT2D eigenvalue weighted by molar-refractivity contribution is 0.101. The molecule has 2 rings (SSSR count). The number of hydrogen-bond donors (Lipinski definition) is 1. The predicted octanol–water partition coefficient (Wildman–Crippen LogP) is 2.92. The van der Waals surface area contributed by atoms with Crippen LogP contribution >= 0.6 is 0 Å². The Morgan fingerprint density at radius 2 is 1.80 bits per heavy atom. The number of amides is 1. The minimum atomic E-state index is -3.59. The summed E-state index contributed by atoms with van der Waals surface area (Å²) in [6.07, 6.45) is 1.48. The molecule has 1 aromatic carbocycles. The van der Waals surface area contributed by atoms with Crippen molar-refractivity contribution in [2.75, 3.05) is 18.4 Å². The van der Waals surface area contributed by atoms with Crippen molar-refractivity contribution in [3.63, 3.8) is 0 Å². The summed E-state index contributed by atoms with van der Waals surface area (Å²) in [6.45, 7) is 8.26. The SMILES string of the molecule is CCN(CC)S(=O)(=O)c1cc(C(=O)Nc2ccc(C)cc2C)n(C)c1. The van der Waals surface area contributed by atoms with Crippen LogP contribution in [0, 0.1) is 13.8 Å². The fraction of sp³-hybridized carbons (Fsp3) is 0.389. The minimum Gasteiger partial charge on any atom is -0.345 e. The summed E-state index contributed by atoms with van der Waals surface area (Å²) in [5, 5.41) is 2.85. The molecule has 0 radical (unpaired) electrons. The maximum absolute atomic E-state index is 12.6. The Kier molecular flexibility index (Phi) is 5.69. The van der Waals surface area contributed by atoms with Gasteiger partial charge in [-0.15, -0.1) is 0 Å². The van der Waals surface area contributed by atoms with Crippen molar-refractivity contribution in [1.82, 2.24) is 8.87 Å². The van der Waals surface area contributed by atoms with Crippen molar-refractivity contribution in [1.29, 1.82) is 0 Å². The summed E-state index contributed by atoms with van der Waals surface area (Å²) >= 11 is 0. The Hall–Kier alpha value is -2.12. The van der Waals surface area contributed by atoms with Gasteiger partial charge in [0, 0.05) is 32.0 Å². The third-order valence-electron chi connectivity index (χ3n) is 4.19. The van der Waals surface area contributed by atoms with Crippen LogP contribution in [0.4, 0.5) is 5.69 Å². The van der Waals surface area contributed by atoms with Crippen LogP contribution in [0.25, 0.3) is 0 Å². The normalized spacial score (nSPS) is 11.8. The summed E-state index contributed by atoms with van der Waals surface area (Å²) in [5.41, 5.74) is 3.08. The molecule has 0 bridgehead atoms. The van der Waals surface area contributed by atoms with Gasteiger partial charge in [0.1, 0.15) is 10.6 Å². The maximum Gasteiger partial charge on any atom is 0.272 e. The molecule has 0 spiro atoms. The van der Waals surface area contributed by atoms with E-state index in [-0.39, 0.29) is 10.8 Å². The molecule has 0 saturated carbocycles. The van der Waals surface area contributed by atoms with E-state index in [1.54, 1.807) is 20.9 Å². The Bertz CT molecular complexity index is 881. The fourth-order valence-corrected chi connectivity index (χ4v) is 4.28. The standard InChI is InChI=1S/C18H25N3O3S/c1-6-21(7-2)25(23,24)15-11-17(20(5)12-15)18(22)19-16-9-8-13(3)10-14(16)4/h8-12H,6-7H2,1-5H3,(H,19,22). The lowest BCUT2D eigenvalue weighted by Crippen LogP contribution is -2.30. The van der Waals surface area contributed by atoms with Gasteiger partial charge in [-0.25, -0.2) is 8.42 Å². The predicted molar refractivity (Wildman–Crippen MR) is 99.4 cm³/mol. The van der Waals surface area contributed by atoms with Gasteiger partial charge in [-0.3, -0.25) is 4.79 Å². The van der Waals surface area contributed by atoms with Gasteiger partial charge >= 0.3 is 0 Å². The average molecular weight is 363 g/mol. The number of nitrogens with one attached hydrogen (secondary N) is 1. The second kappa shape index (κ2) is 7.41. The summed E-state index contributed by atoms with van der Waals surface area (Å²) in [7, 11) is -1.93. The molecule has 1 N–H and O–H groups in total. The fourth-order valence-electron chi connectivity index (χ4n) is 2.75. The molecule has 25 heavy (non-hydrogen) atoms. The van der Waals surface area contributed by atoms with Gasteiger partial charge < -0.3 is 9.88 Å². The third-order valence-corrected chi connectivity index (χ3v) is 6.20. The Labute approximate surface area is 149 Å². The van der Waals surface area contributed by atoms with E-state index in [1.165, 1.54) is 21.1 Å². The second-order valence-corrected chi connectivity index (χ2v) is 7.97. The smallest absolute Gasteiger partial charge is 0.272 e. The molecule has 0 saturated heterocycles. The highest BCUT2D eigenvalue weighted by Gasteiger charge is 2.25. The zero-order chi connectivity index (χ0) is 18.8. The van der Waals surface area contributed by atoms with E-state index in [4.69, 9.17) is 0 Å². The van der Waals surface area contributed by atoms with Crippen LogP contribution < -0.4 is 5.32 Å². The van der Waals surface area contributed by atoms with E-state index >= 15 is 0 Å². The number of carbonyl (C=O) groups excluding carboxylic acids is 1. The highest BCUT2D eigenvalue weighted by Crippen LogP contribution is 2.21. The topological polar surface area (TPSA) is 71.4 Å². The first-order valence-corrected chi connectivity index (χ1v) is 9.69. The monoisotopic (exact) mass is 363 g/mol. The number of hydrogen-bond acceptors (Lipinski definition) is 3. The molecular formula is C18H25N3O3S. The van der Waals surface area contributed by atoms with Gasteiger partial charge in [0.05, 0.1) is 0 Å². The number of nitrogens with zero attached hydrogens (tertiary/aromatic N) is 2. The summed E-state index contributed by atoms with van der Waals surface area (Å²) < 4.78 is 28.1. The van der Waals surface area contributed by atoms with Crippen LogP contribution in [0.15, 0.2) is 35.4 Å².